The lowest BCUT2D eigenvalue weighted by molar-refractivity contribution is 0.465. The lowest BCUT2D eigenvalue weighted by Crippen LogP contribution is -2.25. The van der Waals surface area contributed by atoms with Gasteiger partial charge in [0.05, 0.1) is 24.5 Å². The zero-order chi connectivity index (χ0) is 14.7. The standard InChI is InChI=1S/C16H23N3OS/c1-3-17-13-8-5-9-14-15(13)18-16(21-14)19(4-2)11-12-7-6-10-20-12/h6-7,10,13,17H,3-5,8-9,11H2,1-2H3. The number of aryl methyl sites for hydroxylation is 1. The molecule has 0 saturated heterocycles. The predicted molar refractivity (Wildman–Crippen MR) is 86.9 cm³/mol. The Kier molecular flexibility index (Phi) is 4.60. The predicted octanol–water partition coefficient (Wildman–Crippen LogP) is 3.75. The molecule has 0 amide bonds. The third-order valence-electron chi connectivity index (χ3n) is 3.97. The van der Waals surface area contributed by atoms with Crippen LogP contribution in [0.15, 0.2) is 22.8 Å². The van der Waals surface area contributed by atoms with E-state index in [1.165, 1.54) is 29.8 Å². The van der Waals surface area contributed by atoms with Gasteiger partial charge >= 0.3 is 0 Å². The molecule has 0 bridgehead atoms. The average molecular weight is 305 g/mol. The van der Waals surface area contributed by atoms with Crippen LogP contribution in [0.3, 0.4) is 0 Å². The van der Waals surface area contributed by atoms with Crippen LogP contribution in [-0.4, -0.2) is 18.1 Å². The van der Waals surface area contributed by atoms with Crippen molar-refractivity contribution >= 4 is 16.5 Å². The van der Waals surface area contributed by atoms with Crippen LogP contribution in [0.4, 0.5) is 5.13 Å². The molecule has 0 aliphatic heterocycles. The summed E-state index contributed by atoms with van der Waals surface area (Å²) in [5, 5.41) is 4.69. The molecule has 1 aliphatic rings. The summed E-state index contributed by atoms with van der Waals surface area (Å²) < 4.78 is 5.47. The van der Waals surface area contributed by atoms with Gasteiger partial charge in [-0.1, -0.05) is 6.92 Å². The first kappa shape index (κ1) is 14.6. The Morgan fingerprint density at radius 1 is 1.48 bits per heavy atom. The lowest BCUT2D eigenvalue weighted by atomic mass is 9.98. The van der Waals surface area contributed by atoms with Crippen molar-refractivity contribution in [3.63, 3.8) is 0 Å². The molecule has 0 spiro atoms. The zero-order valence-electron chi connectivity index (χ0n) is 12.8. The first-order valence-electron chi connectivity index (χ1n) is 7.82. The molecule has 1 atom stereocenters. The summed E-state index contributed by atoms with van der Waals surface area (Å²) >= 11 is 1.85. The minimum Gasteiger partial charge on any atom is -0.467 e. The SMILES string of the molecule is CCNC1CCCc2sc(N(CC)Cc3ccco3)nc21. The third-order valence-corrected chi connectivity index (χ3v) is 5.16. The second-order valence-corrected chi connectivity index (χ2v) is 6.46. The second-order valence-electron chi connectivity index (χ2n) is 5.40. The molecule has 4 nitrogen and oxygen atoms in total. The van der Waals surface area contributed by atoms with Crippen LogP contribution in [0.25, 0.3) is 0 Å². The van der Waals surface area contributed by atoms with Crippen molar-refractivity contribution in [2.45, 2.75) is 45.7 Å². The van der Waals surface area contributed by atoms with E-state index in [-0.39, 0.29) is 0 Å². The molecular formula is C16H23N3OS. The number of fused-ring (bicyclic) bond motifs is 1. The quantitative estimate of drug-likeness (QED) is 0.882. The number of anilines is 1. The Morgan fingerprint density at radius 3 is 3.10 bits per heavy atom. The fourth-order valence-corrected chi connectivity index (χ4v) is 4.12. The monoisotopic (exact) mass is 305 g/mol. The first-order chi connectivity index (χ1) is 10.3. The van der Waals surface area contributed by atoms with Gasteiger partial charge in [-0.3, -0.25) is 0 Å². The number of nitrogens with one attached hydrogen (secondary N) is 1. The van der Waals surface area contributed by atoms with Gasteiger partial charge < -0.3 is 14.6 Å². The fraction of sp³-hybridized carbons (Fsp3) is 0.562. The van der Waals surface area contributed by atoms with Crippen molar-refractivity contribution in [2.24, 2.45) is 0 Å². The van der Waals surface area contributed by atoms with Crippen molar-refractivity contribution in [2.75, 3.05) is 18.0 Å². The first-order valence-corrected chi connectivity index (χ1v) is 8.63. The number of rotatable bonds is 6. The second kappa shape index (κ2) is 6.62. The Bertz CT molecular complexity index is 564. The van der Waals surface area contributed by atoms with Gasteiger partial charge in [0, 0.05) is 11.4 Å². The van der Waals surface area contributed by atoms with Gasteiger partial charge in [0.2, 0.25) is 0 Å². The van der Waals surface area contributed by atoms with E-state index in [0.29, 0.717) is 6.04 Å². The highest BCUT2D eigenvalue weighted by Gasteiger charge is 2.25. The maximum absolute atomic E-state index is 5.47. The number of nitrogens with zero attached hydrogens (tertiary/aromatic N) is 2. The Morgan fingerprint density at radius 2 is 2.38 bits per heavy atom. The van der Waals surface area contributed by atoms with Crippen molar-refractivity contribution in [1.29, 1.82) is 0 Å². The molecule has 21 heavy (non-hydrogen) atoms. The summed E-state index contributed by atoms with van der Waals surface area (Å²) in [6.45, 7) is 7.07. The molecule has 0 radical (unpaired) electrons. The summed E-state index contributed by atoms with van der Waals surface area (Å²) in [7, 11) is 0. The minimum atomic E-state index is 0.436. The zero-order valence-corrected chi connectivity index (χ0v) is 13.6. The van der Waals surface area contributed by atoms with Crippen LogP contribution < -0.4 is 10.2 Å². The summed E-state index contributed by atoms with van der Waals surface area (Å²) in [5.74, 6) is 0.994. The molecule has 114 valence electrons. The number of furan rings is 1. The van der Waals surface area contributed by atoms with E-state index in [4.69, 9.17) is 9.40 Å². The van der Waals surface area contributed by atoms with Gasteiger partial charge in [-0.15, -0.1) is 11.3 Å². The van der Waals surface area contributed by atoms with Crippen LogP contribution in [0.1, 0.15) is 49.1 Å². The van der Waals surface area contributed by atoms with E-state index in [2.05, 4.69) is 24.1 Å². The number of hydrogen-bond acceptors (Lipinski definition) is 5. The molecule has 0 fully saturated rings. The molecule has 2 aromatic heterocycles. The average Bonchev–Trinajstić information content (AvgIpc) is 3.14. The highest BCUT2D eigenvalue weighted by atomic mass is 32.1. The van der Waals surface area contributed by atoms with Crippen molar-refractivity contribution < 1.29 is 4.42 Å². The summed E-state index contributed by atoms with van der Waals surface area (Å²) in [6, 6.07) is 4.40. The van der Waals surface area contributed by atoms with E-state index in [0.717, 1.165) is 30.5 Å². The van der Waals surface area contributed by atoms with Gasteiger partial charge in [-0.05, 0) is 44.9 Å². The van der Waals surface area contributed by atoms with Crippen LogP contribution >= 0.6 is 11.3 Å². The molecule has 3 rings (SSSR count). The number of hydrogen-bond donors (Lipinski definition) is 1. The molecule has 0 saturated carbocycles. The normalized spacial score (nSPS) is 17.7. The topological polar surface area (TPSA) is 41.3 Å². The summed E-state index contributed by atoms with van der Waals surface area (Å²) in [5.41, 5.74) is 1.28. The molecular weight excluding hydrogens is 282 g/mol. The van der Waals surface area contributed by atoms with Gasteiger partial charge in [-0.2, -0.15) is 0 Å². The molecule has 1 aliphatic carbocycles. The van der Waals surface area contributed by atoms with Crippen molar-refractivity contribution in [3.05, 3.63) is 34.7 Å². The minimum absolute atomic E-state index is 0.436. The maximum Gasteiger partial charge on any atom is 0.186 e. The fourth-order valence-electron chi connectivity index (χ4n) is 2.89. The summed E-state index contributed by atoms with van der Waals surface area (Å²) in [6.07, 6.45) is 5.37. The van der Waals surface area contributed by atoms with Crippen LogP contribution in [0.5, 0.6) is 0 Å². The highest BCUT2D eigenvalue weighted by Crippen LogP contribution is 2.37. The van der Waals surface area contributed by atoms with Crippen molar-refractivity contribution in [3.8, 4) is 0 Å². The number of thiazole rings is 1. The molecule has 2 heterocycles. The lowest BCUT2D eigenvalue weighted by Gasteiger charge is -2.21. The maximum atomic E-state index is 5.47. The highest BCUT2D eigenvalue weighted by molar-refractivity contribution is 7.15. The van der Waals surface area contributed by atoms with Crippen LogP contribution in [0, 0.1) is 0 Å². The third kappa shape index (κ3) is 3.14. The van der Waals surface area contributed by atoms with E-state index < -0.39 is 0 Å². The van der Waals surface area contributed by atoms with Crippen LogP contribution in [0.2, 0.25) is 0 Å². The van der Waals surface area contributed by atoms with E-state index >= 15 is 0 Å². The Labute approximate surface area is 130 Å². The molecule has 0 aromatic carbocycles. The van der Waals surface area contributed by atoms with Crippen LogP contribution in [-0.2, 0) is 13.0 Å². The van der Waals surface area contributed by atoms with Gasteiger partial charge in [0.15, 0.2) is 5.13 Å². The summed E-state index contributed by atoms with van der Waals surface area (Å²) in [4.78, 5) is 8.70. The molecule has 1 N–H and O–H groups in total. The molecule has 1 unspecified atom stereocenters. The Balaban J connectivity index is 1.81. The Hall–Kier alpha value is -1.33. The van der Waals surface area contributed by atoms with E-state index in [1.54, 1.807) is 6.26 Å². The van der Waals surface area contributed by atoms with Crippen molar-refractivity contribution in [1.82, 2.24) is 10.3 Å². The van der Waals surface area contributed by atoms with E-state index in [9.17, 15) is 0 Å². The van der Waals surface area contributed by atoms with Gasteiger partial charge in [0.1, 0.15) is 5.76 Å². The number of aromatic nitrogens is 1. The van der Waals surface area contributed by atoms with E-state index in [1.807, 2.05) is 23.5 Å². The molecule has 2 aromatic rings. The van der Waals surface area contributed by atoms with Gasteiger partial charge in [0.25, 0.3) is 0 Å². The molecule has 5 heteroatoms. The smallest absolute Gasteiger partial charge is 0.186 e. The van der Waals surface area contributed by atoms with Gasteiger partial charge in [-0.25, -0.2) is 4.98 Å². The largest absolute Gasteiger partial charge is 0.467 e.